The van der Waals surface area contributed by atoms with Gasteiger partial charge in [0.15, 0.2) is 0 Å². The third kappa shape index (κ3) is 3.14. The molecule has 0 aromatic carbocycles. The molecule has 0 heterocycles. The molecule has 0 saturated heterocycles. The summed E-state index contributed by atoms with van der Waals surface area (Å²) in [6.45, 7) is 3.92. The quantitative estimate of drug-likeness (QED) is 0.612. The van der Waals surface area contributed by atoms with Crippen LogP contribution in [0, 0.1) is 18.4 Å². The van der Waals surface area contributed by atoms with Crippen LogP contribution < -0.4 is 5.73 Å². The number of hydrogen-bond donors (Lipinski definition) is 0. The lowest BCUT2D eigenvalue weighted by Crippen LogP contribution is -2.15. The van der Waals surface area contributed by atoms with Gasteiger partial charge in [-0.15, -0.1) is 0 Å². The van der Waals surface area contributed by atoms with E-state index in [1.165, 1.54) is 44.9 Å². The van der Waals surface area contributed by atoms with Crippen LogP contribution in [-0.4, -0.2) is 0 Å². The highest BCUT2D eigenvalue weighted by molar-refractivity contribution is 4.77. The maximum atomic E-state index is 7.18. The van der Waals surface area contributed by atoms with Crippen molar-refractivity contribution in [3.05, 3.63) is 6.54 Å². The van der Waals surface area contributed by atoms with Crippen molar-refractivity contribution in [1.82, 2.24) is 5.73 Å². The van der Waals surface area contributed by atoms with Crippen LogP contribution in [0.25, 0.3) is 0 Å². The zero-order valence-electron chi connectivity index (χ0n) is 8.18. The van der Waals surface area contributed by atoms with Crippen molar-refractivity contribution in [2.24, 2.45) is 11.8 Å². The monoisotopic (exact) mass is 167 g/mol. The van der Waals surface area contributed by atoms with E-state index in [0.717, 1.165) is 5.92 Å². The summed E-state index contributed by atoms with van der Waals surface area (Å²) in [6, 6.07) is 0. The molecular weight excluding hydrogens is 146 g/mol. The number of nitrogens with one attached hydrogen (secondary N) is 1. The van der Waals surface area contributed by atoms with Crippen LogP contribution in [0.3, 0.4) is 0 Å². The van der Waals surface area contributed by atoms with Crippen molar-refractivity contribution in [3.63, 3.8) is 0 Å². The standard InChI is InChI=1S/C11H21N/c1-2-3-4-10-5-7-11(9-12)8-6-10/h9-12H,2-8H2,1H3. The molecule has 0 atom stereocenters. The van der Waals surface area contributed by atoms with Gasteiger partial charge < -0.3 is 0 Å². The Labute approximate surface area is 76.7 Å². The highest BCUT2D eigenvalue weighted by Crippen LogP contribution is 2.32. The molecule has 1 N–H and O–H groups in total. The normalized spacial score (nSPS) is 30.5. The Hall–Kier alpha value is -0.0400. The van der Waals surface area contributed by atoms with Crippen molar-refractivity contribution in [1.29, 1.82) is 0 Å². The van der Waals surface area contributed by atoms with E-state index >= 15 is 0 Å². The fourth-order valence-corrected chi connectivity index (χ4v) is 2.14. The lowest BCUT2D eigenvalue weighted by molar-refractivity contribution is 0.279. The maximum Gasteiger partial charge on any atom is 0.0410 e. The van der Waals surface area contributed by atoms with E-state index in [1.54, 1.807) is 6.54 Å². The van der Waals surface area contributed by atoms with Gasteiger partial charge in [0.1, 0.15) is 0 Å². The Morgan fingerprint density at radius 2 is 1.92 bits per heavy atom. The van der Waals surface area contributed by atoms with E-state index < -0.39 is 0 Å². The highest BCUT2D eigenvalue weighted by atomic mass is 14.5. The predicted molar refractivity (Wildman–Crippen MR) is 52.4 cm³/mol. The molecule has 0 amide bonds. The minimum atomic E-state index is 0.614. The lowest BCUT2D eigenvalue weighted by Gasteiger charge is -2.26. The maximum absolute atomic E-state index is 7.18. The van der Waals surface area contributed by atoms with Gasteiger partial charge in [0, 0.05) is 6.54 Å². The van der Waals surface area contributed by atoms with Gasteiger partial charge in [0.25, 0.3) is 0 Å². The van der Waals surface area contributed by atoms with Crippen molar-refractivity contribution in [2.45, 2.75) is 51.9 Å². The predicted octanol–water partition coefficient (Wildman–Crippen LogP) is 3.43. The molecule has 1 aliphatic carbocycles. The van der Waals surface area contributed by atoms with Gasteiger partial charge in [-0.3, -0.25) is 5.73 Å². The van der Waals surface area contributed by atoms with Crippen molar-refractivity contribution < 1.29 is 0 Å². The Kier molecular flexibility index (Phi) is 4.67. The fourth-order valence-electron chi connectivity index (χ4n) is 2.14. The zero-order chi connectivity index (χ0) is 8.81. The SMILES string of the molecule is CCCCC1CCC([CH][NH])CC1. The van der Waals surface area contributed by atoms with Gasteiger partial charge in [0.2, 0.25) is 0 Å². The molecule has 0 aliphatic heterocycles. The Balaban J connectivity index is 2.09. The molecule has 0 aromatic heterocycles. The molecule has 0 spiro atoms. The Morgan fingerprint density at radius 3 is 2.42 bits per heavy atom. The summed E-state index contributed by atoms with van der Waals surface area (Å²) in [5, 5.41) is 0. The molecule has 0 bridgehead atoms. The van der Waals surface area contributed by atoms with Gasteiger partial charge in [0.05, 0.1) is 0 Å². The largest absolute Gasteiger partial charge is 0.253 e. The first-order valence-corrected chi connectivity index (χ1v) is 5.37. The summed E-state index contributed by atoms with van der Waals surface area (Å²) in [5.41, 5.74) is 7.18. The molecule has 1 rings (SSSR count). The molecule has 1 nitrogen and oxygen atoms in total. The second-order valence-corrected chi connectivity index (χ2v) is 4.09. The molecule has 1 aliphatic rings. The first-order chi connectivity index (χ1) is 5.86. The highest BCUT2D eigenvalue weighted by Gasteiger charge is 2.19. The van der Waals surface area contributed by atoms with E-state index in [0.29, 0.717) is 5.92 Å². The van der Waals surface area contributed by atoms with Crippen LogP contribution in [0.5, 0.6) is 0 Å². The number of hydrogen-bond acceptors (Lipinski definition) is 0. The lowest BCUT2D eigenvalue weighted by atomic mass is 9.80. The van der Waals surface area contributed by atoms with Gasteiger partial charge in [-0.1, -0.05) is 39.0 Å². The van der Waals surface area contributed by atoms with Crippen molar-refractivity contribution in [3.8, 4) is 0 Å². The van der Waals surface area contributed by atoms with E-state index in [4.69, 9.17) is 5.73 Å². The number of rotatable bonds is 4. The molecular formula is C11H21N. The molecule has 70 valence electrons. The Bertz CT molecular complexity index is 104. The molecule has 1 fully saturated rings. The number of unbranched alkanes of at least 4 members (excludes halogenated alkanes) is 1. The summed E-state index contributed by atoms with van der Waals surface area (Å²) in [5.74, 6) is 1.60. The summed E-state index contributed by atoms with van der Waals surface area (Å²) in [4.78, 5) is 0. The van der Waals surface area contributed by atoms with Crippen LogP contribution >= 0.6 is 0 Å². The van der Waals surface area contributed by atoms with E-state index in [-0.39, 0.29) is 0 Å². The summed E-state index contributed by atoms with van der Waals surface area (Å²) in [7, 11) is 0. The minimum Gasteiger partial charge on any atom is -0.253 e. The second kappa shape index (κ2) is 5.58. The second-order valence-electron chi connectivity index (χ2n) is 4.09. The van der Waals surface area contributed by atoms with Crippen LogP contribution in [-0.2, 0) is 0 Å². The van der Waals surface area contributed by atoms with E-state index in [1.807, 2.05) is 0 Å². The van der Waals surface area contributed by atoms with E-state index in [9.17, 15) is 0 Å². The summed E-state index contributed by atoms with van der Waals surface area (Å²) in [6.07, 6.45) is 9.47. The van der Waals surface area contributed by atoms with Crippen molar-refractivity contribution >= 4 is 0 Å². The molecule has 1 saturated carbocycles. The Morgan fingerprint density at radius 1 is 1.25 bits per heavy atom. The van der Waals surface area contributed by atoms with Gasteiger partial charge in [-0.25, -0.2) is 0 Å². The average Bonchev–Trinajstić information content (AvgIpc) is 2.15. The first kappa shape index (κ1) is 10.0. The summed E-state index contributed by atoms with van der Waals surface area (Å²) >= 11 is 0. The van der Waals surface area contributed by atoms with Crippen LogP contribution in [0.1, 0.15) is 51.9 Å². The molecule has 0 unspecified atom stereocenters. The fraction of sp³-hybridized carbons (Fsp3) is 0.909. The zero-order valence-corrected chi connectivity index (χ0v) is 8.18. The van der Waals surface area contributed by atoms with Crippen LogP contribution in [0.2, 0.25) is 0 Å². The van der Waals surface area contributed by atoms with Crippen LogP contribution in [0.15, 0.2) is 0 Å². The topological polar surface area (TPSA) is 23.8 Å². The summed E-state index contributed by atoms with van der Waals surface area (Å²) < 4.78 is 0. The third-order valence-electron chi connectivity index (χ3n) is 3.09. The minimum absolute atomic E-state index is 0.614. The molecule has 2 radical (unpaired) electrons. The van der Waals surface area contributed by atoms with Crippen molar-refractivity contribution in [2.75, 3.05) is 0 Å². The van der Waals surface area contributed by atoms with Crippen LogP contribution in [0.4, 0.5) is 0 Å². The molecule has 12 heavy (non-hydrogen) atoms. The first-order valence-electron chi connectivity index (χ1n) is 5.37. The van der Waals surface area contributed by atoms with Gasteiger partial charge >= 0.3 is 0 Å². The van der Waals surface area contributed by atoms with Gasteiger partial charge in [-0.05, 0) is 24.7 Å². The average molecular weight is 167 g/mol. The van der Waals surface area contributed by atoms with E-state index in [2.05, 4.69) is 6.92 Å². The van der Waals surface area contributed by atoms with Gasteiger partial charge in [-0.2, -0.15) is 0 Å². The smallest absolute Gasteiger partial charge is 0.0410 e. The molecule has 0 aromatic rings. The third-order valence-corrected chi connectivity index (χ3v) is 3.09. The molecule has 1 heteroatoms.